The van der Waals surface area contributed by atoms with Gasteiger partial charge < -0.3 is 14.2 Å². The quantitative estimate of drug-likeness (QED) is 0.0344. The Morgan fingerprint density at radius 3 is 0.934 bits per heavy atom. The average Bonchev–Trinajstić information content (AvgIpc) is 3.24. The van der Waals surface area contributed by atoms with Crippen molar-refractivity contribution in [2.24, 2.45) is 11.8 Å². The van der Waals surface area contributed by atoms with Crippen LogP contribution in [0.25, 0.3) is 0 Å². The smallest absolute Gasteiger partial charge is 0.306 e. The first-order chi connectivity index (χ1) is 29.8. The van der Waals surface area contributed by atoms with Gasteiger partial charge in [0.05, 0.1) is 0 Å². The van der Waals surface area contributed by atoms with E-state index in [2.05, 4.69) is 34.6 Å². The van der Waals surface area contributed by atoms with Crippen molar-refractivity contribution < 1.29 is 28.6 Å². The standard InChI is InChI=1S/C55H106O6/c1-6-8-9-10-11-12-25-30-35-40-45-53(56)59-48-52(49-60-54(57)46-41-36-31-26-21-18-17-19-23-28-33-38-43-50(3)4)61-55(58)47-42-37-32-27-22-16-14-13-15-20-24-29-34-39-44-51(5)7-2/h50-52H,6-49H2,1-5H3/t51?,52-/m1/s1. The zero-order valence-electron chi connectivity index (χ0n) is 41.8. The number of hydrogen-bond donors (Lipinski definition) is 0. The lowest BCUT2D eigenvalue weighted by atomic mass is 9.99. The van der Waals surface area contributed by atoms with Gasteiger partial charge >= 0.3 is 17.9 Å². The maximum absolute atomic E-state index is 12.8. The molecule has 0 bridgehead atoms. The molecule has 61 heavy (non-hydrogen) atoms. The minimum atomic E-state index is -0.761. The van der Waals surface area contributed by atoms with Gasteiger partial charge in [-0.2, -0.15) is 0 Å². The van der Waals surface area contributed by atoms with Crippen LogP contribution in [-0.4, -0.2) is 37.2 Å². The molecule has 2 atom stereocenters. The summed E-state index contributed by atoms with van der Waals surface area (Å²) >= 11 is 0. The number of carbonyl (C=O) groups is 3. The molecule has 0 heterocycles. The Hall–Kier alpha value is -1.59. The number of rotatable bonds is 49. The predicted molar refractivity (Wildman–Crippen MR) is 261 cm³/mol. The van der Waals surface area contributed by atoms with Gasteiger partial charge in [-0.3, -0.25) is 14.4 Å². The van der Waals surface area contributed by atoms with Crippen LogP contribution in [0.2, 0.25) is 0 Å². The molecule has 0 aromatic rings. The molecule has 0 rings (SSSR count). The fourth-order valence-corrected chi connectivity index (χ4v) is 8.31. The van der Waals surface area contributed by atoms with Gasteiger partial charge in [-0.05, 0) is 31.1 Å². The summed E-state index contributed by atoms with van der Waals surface area (Å²) in [6.07, 6.45) is 49.4. The SMILES string of the molecule is CCCCCCCCCCCCC(=O)OC[C@H](COC(=O)CCCCCCCCCCCCCCC(C)C)OC(=O)CCCCCCCCCCCCCCCCC(C)CC. The number of carbonyl (C=O) groups excluding carboxylic acids is 3. The number of esters is 3. The van der Waals surface area contributed by atoms with E-state index < -0.39 is 6.10 Å². The van der Waals surface area contributed by atoms with Gasteiger partial charge in [0.25, 0.3) is 0 Å². The van der Waals surface area contributed by atoms with Gasteiger partial charge in [-0.1, -0.05) is 266 Å². The van der Waals surface area contributed by atoms with Gasteiger partial charge in [0, 0.05) is 19.3 Å². The molecular formula is C55H106O6. The molecule has 0 amide bonds. The van der Waals surface area contributed by atoms with Crippen LogP contribution in [0.15, 0.2) is 0 Å². The third-order valence-electron chi connectivity index (χ3n) is 12.8. The van der Waals surface area contributed by atoms with Crippen LogP contribution < -0.4 is 0 Å². The highest BCUT2D eigenvalue weighted by Gasteiger charge is 2.19. The van der Waals surface area contributed by atoms with E-state index in [9.17, 15) is 14.4 Å². The lowest BCUT2D eigenvalue weighted by Gasteiger charge is -2.18. The Morgan fingerprint density at radius 1 is 0.344 bits per heavy atom. The maximum Gasteiger partial charge on any atom is 0.306 e. The van der Waals surface area contributed by atoms with Crippen molar-refractivity contribution in [3.63, 3.8) is 0 Å². The van der Waals surface area contributed by atoms with Crippen LogP contribution in [0, 0.1) is 11.8 Å². The van der Waals surface area contributed by atoms with Gasteiger partial charge in [0.1, 0.15) is 13.2 Å². The number of ether oxygens (including phenoxy) is 3. The molecule has 0 radical (unpaired) electrons. The third kappa shape index (κ3) is 47.7. The highest BCUT2D eigenvalue weighted by molar-refractivity contribution is 5.71. The van der Waals surface area contributed by atoms with Gasteiger partial charge in [0.2, 0.25) is 0 Å². The molecule has 0 aromatic heterocycles. The summed E-state index contributed by atoms with van der Waals surface area (Å²) in [6.45, 7) is 11.4. The second-order valence-corrected chi connectivity index (χ2v) is 19.6. The van der Waals surface area contributed by atoms with E-state index in [4.69, 9.17) is 14.2 Å². The van der Waals surface area contributed by atoms with Crippen molar-refractivity contribution in [1.29, 1.82) is 0 Å². The summed E-state index contributed by atoms with van der Waals surface area (Å²) < 4.78 is 16.8. The molecule has 0 aliphatic heterocycles. The first-order valence-corrected chi connectivity index (χ1v) is 27.3. The molecule has 0 spiro atoms. The van der Waals surface area contributed by atoms with E-state index in [-0.39, 0.29) is 31.1 Å². The molecule has 0 aliphatic carbocycles. The van der Waals surface area contributed by atoms with Crippen molar-refractivity contribution in [3.8, 4) is 0 Å². The molecule has 0 N–H and O–H groups in total. The molecule has 362 valence electrons. The Labute approximate surface area is 380 Å². The highest BCUT2D eigenvalue weighted by Crippen LogP contribution is 2.18. The van der Waals surface area contributed by atoms with Crippen LogP contribution in [0.5, 0.6) is 0 Å². The van der Waals surface area contributed by atoms with Crippen molar-refractivity contribution in [3.05, 3.63) is 0 Å². The predicted octanol–water partition coefficient (Wildman–Crippen LogP) is 17.7. The van der Waals surface area contributed by atoms with Crippen LogP contribution >= 0.6 is 0 Å². The second-order valence-electron chi connectivity index (χ2n) is 19.6. The summed E-state index contributed by atoms with van der Waals surface area (Å²) in [5, 5.41) is 0. The van der Waals surface area contributed by atoms with E-state index in [0.29, 0.717) is 19.3 Å². The first-order valence-electron chi connectivity index (χ1n) is 27.3. The molecule has 0 aromatic carbocycles. The fraction of sp³-hybridized carbons (Fsp3) is 0.945. The van der Waals surface area contributed by atoms with E-state index in [1.165, 1.54) is 193 Å². The fourth-order valence-electron chi connectivity index (χ4n) is 8.31. The summed E-state index contributed by atoms with van der Waals surface area (Å²) in [4.78, 5) is 38.0. The monoisotopic (exact) mass is 863 g/mol. The molecule has 0 saturated heterocycles. The Balaban J connectivity index is 4.27. The van der Waals surface area contributed by atoms with Crippen LogP contribution in [0.4, 0.5) is 0 Å². The van der Waals surface area contributed by atoms with E-state index in [1.807, 2.05) is 0 Å². The van der Waals surface area contributed by atoms with E-state index in [1.54, 1.807) is 0 Å². The third-order valence-corrected chi connectivity index (χ3v) is 12.8. The van der Waals surface area contributed by atoms with Gasteiger partial charge in [-0.15, -0.1) is 0 Å². The van der Waals surface area contributed by atoms with Crippen molar-refractivity contribution >= 4 is 17.9 Å². The number of unbranched alkanes of at least 4 members (excludes halogenated alkanes) is 33. The Morgan fingerprint density at radius 2 is 0.623 bits per heavy atom. The van der Waals surface area contributed by atoms with Crippen LogP contribution in [0.3, 0.4) is 0 Å². The maximum atomic E-state index is 12.8. The zero-order valence-corrected chi connectivity index (χ0v) is 41.8. The van der Waals surface area contributed by atoms with Crippen molar-refractivity contribution in [2.75, 3.05) is 13.2 Å². The molecular weight excluding hydrogens is 757 g/mol. The lowest BCUT2D eigenvalue weighted by Crippen LogP contribution is -2.30. The Kier molecular flexibility index (Phi) is 46.6. The lowest BCUT2D eigenvalue weighted by molar-refractivity contribution is -0.167. The van der Waals surface area contributed by atoms with E-state index >= 15 is 0 Å². The summed E-state index contributed by atoms with van der Waals surface area (Å²) in [5.74, 6) is 0.883. The van der Waals surface area contributed by atoms with Gasteiger partial charge in [0.15, 0.2) is 6.10 Å². The topological polar surface area (TPSA) is 78.9 Å². The zero-order chi connectivity index (χ0) is 44.7. The molecule has 6 nitrogen and oxygen atoms in total. The molecule has 6 heteroatoms. The average molecular weight is 863 g/mol. The molecule has 1 unspecified atom stereocenters. The van der Waals surface area contributed by atoms with Crippen LogP contribution in [-0.2, 0) is 28.6 Å². The summed E-state index contributed by atoms with van der Waals surface area (Å²) in [7, 11) is 0. The molecule has 0 saturated carbocycles. The second kappa shape index (κ2) is 47.9. The minimum Gasteiger partial charge on any atom is -0.462 e. The van der Waals surface area contributed by atoms with Crippen LogP contribution in [0.1, 0.15) is 304 Å². The van der Waals surface area contributed by atoms with Crippen molar-refractivity contribution in [1.82, 2.24) is 0 Å². The van der Waals surface area contributed by atoms with Gasteiger partial charge in [-0.25, -0.2) is 0 Å². The number of hydrogen-bond acceptors (Lipinski definition) is 6. The molecule has 0 fully saturated rings. The normalized spacial score (nSPS) is 12.5. The van der Waals surface area contributed by atoms with E-state index in [0.717, 1.165) is 69.6 Å². The van der Waals surface area contributed by atoms with Crippen molar-refractivity contribution in [2.45, 2.75) is 310 Å². The summed E-state index contributed by atoms with van der Waals surface area (Å²) in [5.41, 5.74) is 0. The highest BCUT2D eigenvalue weighted by atomic mass is 16.6. The minimum absolute atomic E-state index is 0.0633. The Bertz CT molecular complexity index is 933. The molecule has 0 aliphatic rings. The largest absolute Gasteiger partial charge is 0.462 e. The summed E-state index contributed by atoms with van der Waals surface area (Å²) in [6, 6.07) is 0. The first kappa shape index (κ1) is 59.4.